The van der Waals surface area contributed by atoms with Gasteiger partial charge in [0, 0.05) is 37.6 Å². The van der Waals surface area contributed by atoms with E-state index in [2.05, 4.69) is 25.8 Å². The van der Waals surface area contributed by atoms with E-state index in [1.807, 2.05) is 32.9 Å². The summed E-state index contributed by atoms with van der Waals surface area (Å²) >= 11 is 3.30. The second-order valence-electron chi connectivity index (χ2n) is 7.35. The van der Waals surface area contributed by atoms with Crippen molar-refractivity contribution in [3.8, 4) is 0 Å². The number of rotatable bonds is 2. The Morgan fingerprint density at radius 3 is 2.44 bits per heavy atom. The van der Waals surface area contributed by atoms with Gasteiger partial charge in [0.05, 0.1) is 10.4 Å². The van der Waals surface area contributed by atoms with Gasteiger partial charge in [-0.05, 0) is 54.9 Å². The first-order valence-corrected chi connectivity index (χ1v) is 9.41. The van der Waals surface area contributed by atoms with Crippen molar-refractivity contribution < 1.29 is 14.5 Å². The van der Waals surface area contributed by atoms with Gasteiger partial charge in [-0.2, -0.15) is 0 Å². The number of aromatic nitrogens is 1. The lowest BCUT2D eigenvalue weighted by atomic mass is 10.2. The number of carbonyl (C=O) groups excluding carboxylic acids is 1. The lowest BCUT2D eigenvalue weighted by molar-refractivity contribution is -0.385. The summed E-state index contributed by atoms with van der Waals surface area (Å²) < 4.78 is 5.84. The zero-order chi connectivity index (χ0) is 19.8. The number of benzene rings is 1. The lowest BCUT2D eigenvalue weighted by Crippen LogP contribution is -2.50. The van der Waals surface area contributed by atoms with Crippen LogP contribution in [0.2, 0.25) is 0 Å². The molecule has 144 valence electrons. The number of pyridine rings is 1. The van der Waals surface area contributed by atoms with E-state index < -0.39 is 10.5 Å². The lowest BCUT2D eigenvalue weighted by Gasteiger charge is -2.36. The molecule has 1 aliphatic heterocycles. The van der Waals surface area contributed by atoms with E-state index in [0.29, 0.717) is 41.6 Å². The van der Waals surface area contributed by atoms with Crippen LogP contribution in [0, 0.1) is 10.1 Å². The molecule has 1 saturated heterocycles. The average Bonchev–Trinajstić information content (AvgIpc) is 2.60. The summed E-state index contributed by atoms with van der Waals surface area (Å²) in [6.07, 6.45) is -0.301. The molecule has 1 aromatic heterocycles. The van der Waals surface area contributed by atoms with Gasteiger partial charge in [-0.1, -0.05) is 0 Å². The summed E-state index contributed by atoms with van der Waals surface area (Å²) in [6.45, 7) is 7.95. The topological polar surface area (TPSA) is 88.8 Å². The number of fused-ring (bicyclic) bond motifs is 1. The monoisotopic (exact) mass is 436 g/mol. The number of anilines is 1. The van der Waals surface area contributed by atoms with E-state index in [4.69, 9.17) is 4.74 Å². The van der Waals surface area contributed by atoms with E-state index in [1.165, 1.54) is 6.07 Å². The summed E-state index contributed by atoms with van der Waals surface area (Å²) in [6, 6.07) is 6.78. The molecule has 1 amide bonds. The Bertz CT molecular complexity index is 889. The van der Waals surface area contributed by atoms with Crippen LogP contribution in [0.3, 0.4) is 0 Å². The van der Waals surface area contributed by atoms with Crippen molar-refractivity contribution >= 4 is 44.4 Å². The van der Waals surface area contributed by atoms with Gasteiger partial charge in [0.2, 0.25) is 0 Å². The second-order valence-corrected chi connectivity index (χ2v) is 8.14. The van der Waals surface area contributed by atoms with Crippen molar-refractivity contribution in [2.45, 2.75) is 26.4 Å². The van der Waals surface area contributed by atoms with Crippen molar-refractivity contribution in [1.82, 2.24) is 9.88 Å². The fourth-order valence-electron chi connectivity index (χ4n) is 2.91. The SMILES string of the molecule is CC(C)(C)OC(=O)N1CCN(c2ccc3c(Br)c([N+](=O)[O-])ccc3n2)CC1. The molecule has 27 heavy (non-hydrogen) atoms. The highest BCUT2D eigenvalue weighted by molar-refractivity contribution is 9.10. The average molecular weight is 437 g/mol. The number of hydrogen-bond donors (Lipinski definition) is 0. The molecular weight excluding hydrogens is 416 g/mol. The first-order valence-electron chi connectivity index (χ1n) is 8.62. The predicted octanol–water partition coefficient (Wildman–Crippen LogP) is 3.96. The third-order valence-corrected chi connectivity index (χ3v) is 5.06. The third-order valence-electron chi connectivity index (χ3n) is 4.22. The Kier molecular flexibility index (Phi) is 5.23. The van der Waals surface area contributed by atoms with E-state index in [0.717, 1.165) is 5.82 Å². The summed E-state index contributed by atoms with van der Waals surface area (Å²) in [5.74, 6) is 0.784. The minimum absolute atomic E-state index is 0.0167. The molecule has 3 rings (SSSR count). The molecule has 0 bridgehead atoms. The minimum atomic E-state index is -0.510. The highest BCUT2D eigenvalue weighted by atomic mass is 79.9. The molecule has 1 aromatic carbocycles. The van der Waals surface area contributed by atoms with E-state index in [9.17, 15) is 14.9 Å². The van der Waals surface area contributed by atoms with Crippen molar-refractivity contribution in [2.24, 2.45) is 0 Å². The van der Waals surface area contributed by atoms with Gasteiger partial charge in [0.1, 0.15) is 15.9 Å². The quantitative estimate of drug-likeness (QED) is 0.522. The normalized spacial score (nSPS) is 15.1. The molecule has 0 radical (unpaired) electrons. The molecular formula is C18H21BrN4O4. The standard InChI is InChI=1S/C18H21BrN4O4/c1-18(2,3)27-17(24)22-10-8-21(9-11-22)15-7-4-12-13(20-15)5-6-14(16(12)19)23(25)26/h4-7H,8-11H2,1-3H3. The number of nitrogens with zero attached hydrogens (tertiary/aromatic N) is 4. The van der Waals surface area contributed by atoms with Gasteiger partial charge in [0.25, 0.3) is 5.69 Å². The Morgan fingerprint density at radius 2 is 1.85 bits per heavy atom. The van der Waals surface area contributed by atoms with Crippen LogP contribution >= 0.6 is 15.9 Å². The van der Waals surface area contributed by atoms with Crippen molar-refractivity contribution in [3.63, 3.8) is 0 Å². The molecule has 2 aromatic rings. The van der Waals surface area contributed by atoms with Crippen LogP contribution in [-0.4, -0.2) is 52.7 Å². The molecule has 9 heteroatoms. The van der Waals surface area contributed by atoms with Crippen molar-refractivity contribution in [2.75, 3.05) is 31.1 Å². The summed E-state index contributed by atoms with van der Waals surface area (Å²) in [7, 11) is 0. The smallest absolute Gasteiger partial charge is 0.410 e. The van der Waals surface area contributed by atoms with Crippen LogP contribution < -0.4 is 4.90 Å². The molecule has 1 aliphatic rings. The number of hydrogen-bond acceptors (Lipinski definition) is 6. The molecule has 2 heterocycles. The summed E-state index contributed by atoms with van der Waals surface area (Å²) in [5, 5.41) is 11.8. The molecule has 0 spiro atoms. The molecule has 0 aliphatic carbocycles. The molecule has 1 fully saturated rings. The van der Waals surface area contributed by atoms with E-state index >= 15 is 0 Å². The summed E-state index contributed by atoms with van der Waals surface area (Å²) in [4.78, 5) is 31.2. The van der Waals surface area contributed by atoms with Gasteiger partial charge in [-0.3, -0.25) is 10.1 Å². The number of amides is 1. The Morgan fingerprint density at radius 1 is 1.19 bits per heavy atom. The fraction of sp³-hybridized carbons (Fsp3) is 0.444. The van der Waals surface area contributed by atoms with Gasteiger partial charge >= 0.3 is 6.09 Å². The van der Waals surface area contributed by atoms with E-state index in [1.54, 1.807) is 11.0 Å². The highest BCUT2D eigenvalue weighted by Crippen LogP contribution is 2.33. The van der Waals surface area contributed by atoms with Crippen molar-refractivity contribution in [1.29, 1.82) is 0 Å². The number of carbonyl (C=O) groups is 1. The Labute approximate surface area is 165 Å². The maximum Gasteiger partial charge on any atom is 0.410 e. The zero-order valence-electron chi connectivity index (χ0n) is 15.4. The molecule has 8 nitrogen and oxygen atoms in total. The van der Waals surface area contributed by atoms with Crippen molar-refractivity contribution in [3.05, 3.63) is 38.9 Å². The van der Waals surface area contributed by atoms with Crippen LogP contribution in [-0.2, 0) is 4.74 Å². The molecule has 0 unspecified atom stereocenters. The van der Waals surface area contributed by atoms with Gasteiger partial charge < -0.3 is 14.5 Å². The number of nitro groups is 1. The number of piperazine rings is 1. The van der Waals surface area contributed by atoms with Gasteiger partial charge in [-0.25, -0.2) is 9.78 Å². The Balaban J connectivity index is 1.73. The third kappa shape index (κ3) is 4.29. The van der Waals surface area contributed by atoms with Crippen LogP contribution in [0.25, 0.3) is 10.9 Å². The van der Waals surface area contributed by atoms with Crippen LogP contribution in [0.15, 0.2) is 28.7 Å². The minimum Gasteiger partial charge on any atom is -0.444 e. The maximum absolute atomic E-state index is 12.2. The fourth-order valence-corrected chi connectivity index (χ4v) is 3.52. The number of ether oxygens (including phenoxy) is 1. The van der Waals surface area contributed by atoms with Gasteiger partial charge in [-0.15, -0.1) is 0 Å². The first-order chi connectivity index (χ1) is 12.7. The number of halogens is 1. The predicted molar refractivity (Wildman–Crippen MR) is 106 cm³/mol. The molecule has 0 saturated carbocycles. The maximum atomic E-state index is 12.2. The van der Waals surface area contributed by atoms with Gasteiger partial charge in [0.15, 0.2) is 0 Å². The molecule has 0 N–H and O–H groups in total. The number of nitro benzene ring substituents is 1. The van der Waals surface area contributed by atoms with E-state index in [-0.39, 0.29) is 11.8 Å². The second kappa shape index (κ2) is 7.30. The highest BCUT2D eigenvalue weighted by Gasteiger charge is 2.26. The molecule has 0 atom stereocenters. The largest absolute Gasteiger partial charge is 0.444 e. The first kappa shape index (κ1) is 19.3. The Hall–Kier alpha value is -2.42. The van der Waals surface area contributed by atoms with Crippen LogP contribution in [0.1, 0.15) is 20.8 Å². The summed E-state index contributed by atoms with van der Waals surface area (Å²) in [5.41, 5.74) is 0.187. The van der Waals surface area contributed by atoms with Crippen LogP contribution in [0.4, 0.5) is 16.3 Å². The zero-order valence-corrected chi connectivity index (χ0v) is 17.0. The van der Waals surface area contributed by atoms with Crippen LogP contribution in [0.5, 0.6) is 0 Å².